The van der Waals surface area contributed by atoms with Crippen molar-refractivity contribution in [3.8, 4) is 0 Å². The molecule has 1 nitrogen and oxygen atoms in total. The molecule has 2 rings (SSSR count). The van der Waals surface area contributed by atoms with Crippen LogP contribution in [0.3, 0.4) is 0 Å². The molecule has 1 saturated carbocycles. The normalized spacial score (nSPS) is 24.9. The van der Waals surface area contributed by atoms with Gasteiger partial charge in [-0.1, -0.05) is 18.6 Å². The summed E-state index contributed by atoms with van der Waals surface area (Å²) in [5.74, 6) is 0. The second-order valence-electron chi connectivity index (χ2n) is 5.32. The lowest BCUT2D eigenvalue weighted by Gasteiger charge is -2.24. The number of hydrogen-bond donors (Lipinski definition) is 1. The number of nitrogens with one attached hydrogen (secondary N) is 1. The number of halogens is 3. The number of rotatable bonds is 4. The Morgan fingerprint density at radius 1 is 1.30 bits per heavy atom. The lowest BCUT2D eigenvalue weighted by molar-refractivity contribution is -0.137. The van der Waals surface area contributed by atoms with Crippen molar-refractivity contribution in [2.24, 2.45) is 0 Å². The Bertz CT molecular complexity index is 447. The highest BCUT2D eigenvalue weighted by molar-refractivity contribution is 7.99. The van der Waals surface area contributed by atoms with E-state index in [0.29, 0.717) is 16.9 Å². The van der Waals surface area contributed by atoms with Gasteiger partial charge in [-0.15, -0.1) is 0 Å². The van der Waals surface area contributed by atoms with Crippen LogP contribution in [0.1, 0.15) is 43.4 Å². The van der Waals surface area contributed by atoms with Gasteiger partial charge in [-0.3, -0.25) is 0 Å². The van der Waals surface area contributed by atoms with Crippen molar-refractivity contribution in [1.29, 1.82) is 0 Å². The Balaban J connectivity index is 2.07. The fraction of sp³-hybridized carbons (Fsp3) is 0.600. The maximum absolute atomic E-state index is 12.7. The van der Waals surface area contributed by atoms with Gasteiger partial charge in [0.1, 0.15) is 0 Å². The first-order valence-electron chi connectivity index (χ1n) is 6.88. The minimum atomic E-state index is -4.27. The highest BCUT2D eigenvalue weighted by Crippen LogP contribution is 2.32. The smallest absolute Gasteiger partial charge is 0.306 e. The summed E-state index contributed by atoms with van der Waals surface area (Å²) in [4.78, 5) is 0. The molecule has 20 heavy (non-hydrogen) atoms. The van der Waals surface area contributed by atoms with E-state index in [9.17, 15) is 13.2 Å². The molecule has 1 aromatic carbocycles. The van der Waals surface area contributed by atoms with Crippen molar-refractivity contribution >= 4 is 11.8 Å². The van der Waals surface area contributed by atoms with Gasteiger partial charge in [-0.25, -0.2) is 0 Å². The molecule has 5 heteroatoms. The molecule has 112 valence electrons. The summed E-state index contributed by atoms with van der Waals surface area (Å²) in [5, 5.41) is 4.06. The van der Waals surface area contributed by atoms with E-state index < -0.39 is 11.7 Å². The Hall–Kier alpha value is -0.680. The van der Waals surface area contributed by atoms with Gasteiger partial charge in [0.15, 0.2) is 0 Å². The lowest BCUT2D eigenvalue weighted by Crippen LogP contribution is -2.35. The van der Waals surface area contributed by atoms with Crippen LogP contribution in [-0.4, -0.2) is 17.5 Å². The van der Waals surface area contributed by atoms with Crippen LogP contribution < -0.4 is 5.32 Å². The Morgan fingerprint density at radius 2 is 2.05 bits per heavy atom. The Kier molecular flexibility index (Phi) is 5.02. The number of hydrogen-bond acceptors (Lipinski definition) is 2. The molecule has 1 aliphatic rings. The molecule has 1 fully saturated rings. The summed E-state index contributed by atoms with van der Waals surface area (Å²) >= 11 is 1.84. The van der Waals surface area contributed by atoms with Crippen molar-refractivity contribution in [2.45, 2.75) is 49.7 Å². The van der Waals surface area contributed by atoms with E-state index in [1.807, 2.05) is 18.7 Å². The van der Waals surface area contributed by atoms with Gasteiger partial charge in [0.25, 0.3) is 0 Å². The first-order chi connectivity index (χ1) is 9.41. The lowest BCUT2D eigenvalue weighted by atomic mass is 10.0. The molecule has 0 spiro atoms. The van der Waals surface area contributed by atoms with Crippen LogP contribution in [0.5, 0.6) is 0 Å². The first-order valence-corrected chi connectivity index (χ1v) is 8.16. The minimum absolute atomic E-state index is 0.0601. The van der Waals surface area contributed by atoms with Crippen molar-refractivity contribution in [2.75, 3.05) is 6.26 Å². The summed E-state index contributed by atoms with van der Waals surface area (Å²) in [5.41, 5.74) is 0.128. The molecule has 1 aliphatic carbocycles. The SMILES string of the molecule is CSC1CCCC1NC(C)c1cccc(C(F)(F)F)c1. The third-order valence-corrected chi connectivity index (χ3v) is 5.10. The summed E-state index contributed by atoms with van der Waals surface area (Å²) in [7, 11) is 0. The third-order valence-electron chi connectivity index (χ3n) is 3.93. The van der Waals surface area contributed by atoms with Crippen LogP contribution in [0.4, 0.5) is 13.2 Å². The van der Waals surface area contributed by atoms with Crippen LogP contribution in [0.25, 0.3) is 0 Å². The van der Waals surface area contributed by atoms with Gasteiger partial charge in [-0.2, -0.15) is 24.9 Å². The quantitative estimate of drug-likeness (QED) is 0.869. The van der Waals surface area contributed by atoms with Gasteiger partial charge in [0, 0.05) is 17.3 Å². The van der Waals surface area contributed by atoms with E-state index >= 15 is 0 Å². The fourth-order valence-electron chi connectivity index (χ4n) is 2.80. The molecule has 1 N–H and O–H groups in total. The summed E-state index contributed by atoms with van der Waals surface area (Å²) in [6, 6.07) is 5.95. The van der Waals surface area contributed by atoms with Crippen molar-refractivity contribution in [3.63, 3.8) is 0 Å². The van der Waals surface area contributed by atoms with Gasteiger partial charge in [0.05, 0.1) is 5.56 Å². The molecule has 0 amide bonds. The molecular formula is C15H20F3NS. The van der Waals surface area contributed by atoms with E-state index in [0.717, 1.165) is 12.5 Å². The summed E-state index contributed by atoms with van der Waals surface area (Å²) in [6.07, 6.45) is 1.31. The third kappa shape index (κ3) is 3.70. The molecule has 0 aliphatic heterocycles. The molecule has 1 aromatic rings. The maximum Gasteiger partial charge on any atom is 0.416 e. The highest BCUT2D eigenvalue weighted by Gasteiger charge is 2.31. The molecule has 0 radical (unpaired) electrons. The fourth-order valence-corrected chi connectivity index (χ4v) is 3.75. The van der Waals surface area contributed by atoms with E-state index in [1.165, 1.54) is 25.0 Å². The minimum Gasteiger partial charge on any atom is -0.306 e. The van der Waals surface area contributed by atoms with Crippen LogP contribution >= 0.6 is 11.8 Å². The second kappa shape index (κ2) is 6.39. The first kappa shape index (κ1) is 15.7. The van der Waals surface area contributed by atoms with Crippen LogP contribution in [0, 0.1) is 0 Å². The largest absolute Gasteiger partial charge is 0.416 e. The molecule has 0 bridgehead atoms. The standard InChI is InChI=1S/C15H20F3NS/c1-10(19-13-7-4-8-14(13)20-2)11-5-3-6-12(9-11)15(16,17)18/h3,5-6,9-10,13-14,19H,4,7-8H2,1-2H3. The molecule has 3 unspecified atom stereocenters. The zero-order valence-electron chi connectivity index (χ0n) is 11.7. The average molecular weight is 303 g/mol. The van der Waals surface area contributed by atoms with E-state index in [2.05, 4.69) is 11.6 Å². The molecule has 3 atom stereocenters. The van der Waals surface area contributed by atoms with Crippen molar-refractivity contribution in [1.82, 2.24) is 5.32 Å². The van der Waals surface area contributed by atoms with E-state index in [4.69, 9.17) is 0 Å². The average Bonchev–Trinajstić information content (AvgIpc) is 2.85. The second-order valence-corrected chi connectivity index (χ2v) is 6.40. The molecule has 0 heterocycles. The van der Waals surface area contributed by atoms with E-state index in [-0.39, 0.29) is 6.04 Å². The van der Waals surface area contributed by atoms with Crippen molar-refractivity contribution in [3.05, 3.63) is 35.4 Å². The predicted molar refractivity (Wildman–Crippen MR) is 77.9 cm³/mol. The van der Waals surface area contributed by atoms with Crippen LogP contribution in [0.15, 0.2) is 24.3 Å². The Labute approximate surface area is 122 Å². The zero-order valence-corrected chi connectivity index (χ0v) is 12.5. The monoisotopic (exact) mass is 303 g/mol. The predicted octanol–water partition coefficient (Wildman–Crippen LogP) is 4.64. The molecule has 0 aromatic heterocycles. The van der Waals surface area contributed by atoms with Crippen LogP contribution in [-0.2, 0) is 6.18 Å². The number of benzene rings is 1. The number of alkyl halides is 3. The van der Waals surface area contributed by atoms with Gasteiger partial charge in [-0.05, 0) is 43.7 Å². The Morgan fingerprint density at radius 3 is 2.70 bits per heavy atom. The van der Waals surface area contributed by atoms with Gasteiger partial charge < -0.3 is 5.32 Å². The van der Waals surface area contributed by atoms with Gasteiger partial charge in [0.2, 0.25) is 0 Å². The topological polar surface area (TPSA) is 12.0 Å². The zero-order chi connectivity index (χ0) is 14.8. The summed E-state index contributed by atoms with van der Waals surface area (Å²) in [6.45, 7) is 1.94. The maximum atomic E-state index is 12.7. The van der Waals surface area contributed by atoms with E-state index in [1.54, 1.807) is 6.07 Å². The highest BCUT2D eigenvalue weighted by atomic mass is 32.2. The molecule has 0 saturated heterocycles. The van der Waals surface area contributed by atoms with Crippen LogP contribution in [0.2, 0.25) is 0 Å². The van der Waals surface area contributed by atoms with Gasteiger partial charge >= 0.3 is 6.18 Å². The molecular weight excluding hydrogens is 283 g/mol. The number of thioether (sulfide) groups is 1. The summed E-state index contributed by atoms with van der Waals surface area (Å²) < 4.78 is 38.2. The van der Waals surface area contributed by atoms with Crippen molar-refractivity contribution < 1.29 is 13.2 Å².